The summed E-state index contributed by atoms with van der Waals surface area (Å²) >= 11 is 0. The van der Waals surface area contributed by atoms with E-state index in [0.717, 1.165) is 0 Å². The molecule has 0 amide bonds. The Morgan fingerprint density at radius 1 is 1.00 bits per heavy atom. The van der Waals surface area contributed by atoms with Crippen LogP contribution < -0.4 is 0 Å². The minimum Gasteiger partial charge on any atom is 0 e. The van der Waals surface area contributed by atoms with Gasteiger partial charge in [0.15, 0.2) is 0 Å². The Kier molecular flexibility index (Phi) is 124. The van der Waals surface area contributed by atoms with Crippen LogP contribution in [0.25, 0.3) is 0 Å². The first-order valence-corrected chi connectivity index (χ1v) is 0. The topological polar surface area (TPSA) is 0 Å². The molecule has 0 aromatic rings. The van der Waals surface area contributed by atoms with Gasteiger partial charge in [-0.3, -0.25) is 0 Å². The van der Waals surface area contributed by atoms with Gasteiger partial charge in [0.25, 0.3) is 0 Å². The molecule has 0 saturated carbocycles. The zero-order chi connectivity index (χ0) is 0. The van der Waals surface area contributed by atoms with Crippen molar-refractivity contribution in [3.05, 3.63) is 0 Å². The molecule has 0 aliphatic carbocycles. The monoisotopic (exact) mass is 299 g/mol. The normalized spacial score (nSPS) is 0. The molecule has 0 aliphatic rings. The molecule has 0 atom stereocenters. The van der Waals surface area contributed by atoms with Crippen LogP contribution in [-0.2, 0) is 86.1 Å². The van der Waals surface area contributed by atoms with Crippen LogP contribution in [-0.4, -0.2) is 0 Å². The fourth-order valence-corrected chi connectivity index (χ4v) is 0. The summed E-state index contributed by atoms with van der Waals surface area (Å²) in [5.74, 6) is 0. The van der Waals surface area contributed by atoms with Crippen LogP contribution in [0.15, 0.2) is 0 Å². The first-order chi connectivity index (χ1) is 0. The zero-order valence-electron chi connectivity index (χ0n) is 1.71. The van der Waals surface area contributed by atoms with Crippen molar-refractivity contribution in [1.29, 1.82) is 0 Å². The van der Waals surface area contributed by atoms with Gasteiger partial charge in [0.05, 0.1) is 0 Å². The SMILES string of the molecule is [Cu].[Mo].[Ti].[Zr]. The summed E-state index contributed by atoms with van der Waals surface area (Å²) in [6.45, 7) is 0. The number of hydrogen-bond acceptors (Lipinski definition) is 0. The minimum absolute atomic E-state index is 0. The third-order valence-electron chi connectivity index (χ3n) is 0. The molecule has 25 valence electrons. The largest absolute Gasteiger partial charge is 0 e. The van der Waals surface area contributed by atoms with Crippen molar-refractivity contribution >= 4 is 0 Å². The van der Waals surface area contributed by atoms with Gasteiger partial charge in [0.2, 0.25) is 0 Å². The van der Waals surface area contributed by atoms with E-state index in [9.17, 15) is 0 Å². The molecule has 0 rings (SSSR count). The summed E-state index contributed by atoms with van der Waals surface area (Å²) in [7, 11) is 0. The molecule has 0 aromatic heterocycles. The second-order valence-electron chi connectivity index (χ2n) is 0. The predicted molar refractivity (Wildman–Crippen MR) is 0 cm³/mol. The predicted octanol–water partition coefficient (Wildman–Crippen LogP) is -0.0100. The van der Waals surface area contributed by atoms with Gasteiger partial charge in [-0.2, -0.15) is 0 Å². The summed E-state index contributed by atoms with van der Waals surface area (Å²) in [5.41, 5.74) is 0. The van der Waals surface area contributed by atoms with Crippen molar-refractivity contribution in [2.75, 3.05) is 0 Å². The molecular formula is CuMoTiZr. The van der Waals surface area contributed by atoms with Crippen molar-refractivity contribution in [1.82, 2.24) is 0 Å². The molecule has 0 heterocycles. The van der Waals surface area contributed by atoms with Gasteiger partial charge in [-0.05, 0) is 0 Å². The molecule has 1 radical (unpaired) electrons. The van der Waals surface area contributed by atoms with E-state index >= 15 is 0 Å². The van der Waals surface area contributed by atoms with Gasteiger partial charge in [-0.1, -0.05) is 0 Å². The average Bonchev–Trinajstić information content (AvgIpc) is 0. The van der Waals surface area contributed by atoms with Crippen LogP contribution >= 0.6 is 0 Å². The van der Waals surface area contributed by atoms with E-state index in [-0.39, 0.29) is 86.1 Å². The summed E-state index contributed by atoms with van der Waals surface area (Å²) in [4.78, 5) is 0. The third-order valence-corrected chi connectivity index (χ3v) is 0. The standard InChI is InChI=1S/Cu.Mo.Ti.Zr. The summed E-state index contributed by atoms with van der Waals surface area (Å²) in [5, 5.41) is 0. The Morgan fingerprint density at radius 3 is 1.00 bits per heavy atom. The molecule has 0 saturated heterocycles. The van der Waals surface area contributed by atoms with Gasteiger partial charge in [-0.25, -0.2) is 0 Å². The molecular weight excluding hydrogens is 299 g/mol. The van der Waals surface area contributed by atoms with Gasteiger partial charge in [0.1, 0.15) is 0 Å². The van der Waals surface area contributed by atoms with Crippen LogP contribution in [0.3, 0.4) is 0 Å². The van der Waals surface area contributed by atoms with Crippen molar-refractivity contribution in [2.24, 2.45) is 0 Å². The van der Waals surface area contributed by atoms with Gasteiger partial charge in [0, 0.05) is 86.1 Å². The van der Waals surface area contributed by atoms with E-state index in [1.807, 2.05) is 0 Å². The molecule has 4 heteroatoms. The zero-order valence-corrected chi connectivity index (χ0v) is 8.68. The fourth-order valence-electron chi connectivity index (χ4n) is 0. The van der Waals surface area contributed by atoms with Crippen LogP contribution in [0.5, 0.6) is 0 Å². The molecule has 0 aliphatic heterocycles. The van der Waals surface area contributed by atoms with Crippen molar-refractivity contribution in [3.8, 4) is 0 Å². The first-order valence-electron chi connectivity index (χ1n) is 0. The molecule has 0 aromatic carbocycles. The smallest absolute Gasteiger partial charge is 0 e. The third kappa shape index (κ3) is 8.84. The summed E-state index contributed by atoms with van der Waals surface area (Å²) in [6.07, 6.45) is 0. The molecule has 0 bridgehead atoms. The maximum absolute atomic E-state index is 0. The van der Waals surface area contributed by atoms with E-state index in [4.69, 9.17) is 0 Å². The minimum atomic E-state index is 0. The summed E-state index contributed by atoms with van der Waals surface area (Å²) < 4.78 is 0. The quantitative estimate of drug-likeness (QED) is 0.552. The second-order valence-corrected chi connectivity index (χ2v) is 0. The van der Waals surface area contributed by atoms with Crippen LogP contribution in [0, 0.1) is 0 Å². The van der Waals surface area contributed by atoms with Gasteiger partial charge >= 0.3 is 0 Å². The Bertz CT molecular complexity index is 8.00. The second kappa shape index (κ2) is 17.0. The van der Waals surface area contributed by atoms with E-state index in [1.54, 1.807) is 0 Å². The van der Waals surface area contributed by atoms with E-state index in [1.165, 1.54) is 0 Å². The average molecular weight is 299 g/mol. The Morgan fingerprint density at radius 2 is 1.00 bits per heavy atom. The maximum atomic E-state index is 0. The molecule has 0 spiro atoms. The van der Waals surface area contributed by atoms with Crippen molar-refractivity contribution in [2.45, 2.75) is 0 Å². The molecule has 0 N–H and O–H groups in total. The fraction of sp³-hybridized carbons (Fsp3) is 0. The van der Waals surface area contributed by atoms with Crippen LogP contribution in [0.2, 0.25) is 0 Å². The summed E-state index contributed by atoms with van der Waals surface area (Å²) in [6, 6.07) is 0. The first kappa shape index (κ1) is 29.1. The number of hydrogen-bond donors (Lipinski definition) is 0. The van der Waals surface area contributed by atoms with Crippen molar-refractivity contribution in [3.63, 3.8) is 0 Å². The number of rotatable bonds is 0. The van der Waals surface area contributed by atoms with E-state index in [0.29, 0.717) is 0 Å². The Hall–Kier alpha value is 2.81. The van der Waals surface area contributed by atoms with E-state index in [2.05, 4.69) is 0 Å². The Labute approximate surface area is 84.6 Å². The molecule has 4 heavy (non-hydrogen) atoms. The molecule has 0 nitrogen and oxygen atoms in total. The Balaban J connectivity index is 0. The van der Waals surface area contributed by atoms with E-state index < -0.39 is 0 Å². The van der Waals surface area contributed by atoms with Crippen molar-refractivity contribution < 1.29 is 86.1 Å². The van der Waals surface area contributed by atoms with Crippen LogP contribution in [0.4, 0.5) is 0 Å². The maximum Gasteiger partial charge on any atom is 0 e. The van der Waals surface area contributed by atoms with Crippen LogP contribution in [0.1, 0.15) is 0 Å². The molecule has 0 fully saturated rings. The van der Waals surface area contributed by atoms with Gasteiger partial charge in [-0.15, -0.1) is 0 Å². The van der Waals surface area contributed by atoms with Gasteiger partial charge < -0.3 is 0 Å². The molecule has 0 unspecified atom stereocenters.